The van der Waals surface area contributed by atoms with Crippen LogP contribution in [0.15, 0.2) is 61.2 Å². The third kappa shape index (κ3) is 1.88. The highest BCUT2D eigenvalue weighted by Gasteiger charge is 2.14. The predicted octanol–water partition coefficient (Wildman–Crippen LogP) is 3.59. The molecule has 21 heavy (non-hydrogen) atoms. The number of imidazole rings is 1. The topological polar surface area (TPSA) is 43.6 Å². The molecule has 4 aromatic rings. The molecule has 0 spiro atoms. The standard InChI is InChI=1S/C17H14N4/c1-12(13-6-3-2-4-7-13)21-11-20-15-10-19-14-8-5-9-18-16(14)17(15)21/h2-12H,1H3/t12-/m1/s1. The smallest absolute Gasteiger partial charge is 0.115 e. The Labute approximate surface area is 122 Å². The second kappa shape index (κ2) is 4.66. The zero-order valence-electron chi connectivity index (χ0n) is 11.6. The van der Waals surface area contributed by atoms with E-state index in [1.54, 1.807) is 6.20 Å². The average molecular weight is 274 g/mol. The Balaban J connectivity index is 1.99. The number of fused-ring (bicyclic) bond motifs is 3. The molecule has 0 aliphatic heterocycles. The molecule has 0 N–H and O–H groups in total. The van der Waals surface area contributed by atoms with Gasteiger partial charge < -0.3 is 4.57 Å². The minimum absolute atomic E-state index is 0.198. The summed E-state index contributed by atoms with van der Waals surface area (Å²) in [6, 6.07) is 14.5. The first-order valence-electron chi connectivity index (χ1n) is 6.96. The van der Waals surface area contributed by atoms with Gasteiger partial charge in [0.25, 0.3) is 0 Å². The molecular weight excluding hydrogens is 260 g/mol. The van der Waals surface area contributed by atoms with E-state index < -0.39 is 0 Å². The molecule has 102 valence electrons. The van der Waals surface area contributed by atoms with Crippen LogP contribution in [-0.4, -0.2) is 19.5 Å². The van der Waals surface area contributed by atoms with Crippen molar-refractivity contribution in [1.29, 1.82) is 0 Å². The van der Waals surface area contributed by atoms with E-state index in [0.717, 1.165) is 22.1 Å². The van der Waals surface area contributed by atoms with Crippen LogP contribution in [0.4, 0.5) is 0 Å². The summed E-state index contributed by atoms with van der Waals surface area (Å²) in [5.74, 6) is 0. The fourth-order valence-electron chi connectivity index (χ4n) is 2.71. The van der Waals surface area contributed by atoms with Gasteiger partial charge in [-0.25, -0.2) is 4.98 Å². The molecule has 1 aromatic carbocycles. The zero-order valence-corrected chi connectivity index (χ0v) is 11.6. The number of hydrogen-bond acceptors (Lipinski definition) is 3. The molecule has 3 heterocycles. The second-order valence-corrected chi connectivity index (χ2v) is 5.10. The highest BCUT2D eigenvalue weighted by molar-refractivity contribution is 5.99. The van der Waals surface area contributed by atoms with E-state index in [-0.39, 0.29) is 6.04 Å². The Hall–Kier alpha value is -2.75. The number of nitrogens with zero attached hydrogens (tertiary/aromatic N) is 4. The monoisotopic (exact) mass is 274 g/mol. The number of hydrogen-bond donors (Lipinski definition) is 0. The van der Waals surface area contributed by atoms with Crippen LogP contribution < -0.4 is 0 Å². The van der Waals surface area contributed by atoms with Gasteiger partial charge in [-0.2, -0.15) is 0 Å². The number of aromatic nitrogens is 4. The van der Waals surface area contributed by atoms with Crippen molar-refractivity contribution < 1.29 is 0 Å². The first-order valence-corrected chi connectivity index (χ1v) is 6.96. The third-order valence-corrected chi connectivity index (χ3v) is 3.86. The van der Waals surface area contributed by atoms with Gasteiger partial charge >= 0.3 is 0 Å². The van der Waals surface area contributed by atoms with E-state index in [0.29, 0.717) is 0 Å². The second-order valence-electron chi connectivity index (χ2n) is 5.10. The van der Waals surface area contributed by atoms with Crippen molar-refractivity contribution in [2.24, 2.45) is 0 Å². The summed E-state index contributed by atoms with van der Waals surface area (Å²) >= 11 is 0. The van der Waals surface area contributed by atoms with Gasteiger partial charge in [-0.05, 0) is 24.6 Å². The molecule has 0 bridgehead atoms. The van der Waals surface area contributed by atoms with E-state index in [1.165, 1.54) is 5.56 Å². The van der Waals surface area contributed by atoms with Crippen LogP contribution in [0, 0.1) is 0 Å². The predicted molar refractivity (Wildman–Crippen MR) is 83.1 cm³/mol. The number of rotatable bonds is 2. The van der Waals surface area contributed by atoms with E-state index in [1.807, 2.05) is 30.7 Å². The highest BCUT2D eigenvalue weighted by atomic mass is 15.1. The zero-order chi connectivity index (χ0) is 14.2. The maximum atomic E-state index is 4.49. The van der Waals surface area contributed by atoms with Crippen LogP contribution in [0.5, 0.6) is 0 Å². The van der Waals surface area contributed by atoms with E-state index in [9.17, 15) is 0 Å². The summed E-state index contributed by atoms with van der Waals surface area (Å²) in [6.07, 6.45) is 5.49. The molecule has 1 atom stereocenters. The maximum absolute atomic E-state index is 4.49. The summed E-state index contributed by atoms with van der Waals surface area (Å²) in [5, 5.41) is 0. The van der Waals surface area contributed by atoms with Crippen molar-refractivity contribution >= 4 is 22.1 Å². The van der Waals surface area contributed by atoms with Gasteiger partial charge in [-0.1, -0.05) is 30.3 Å². The molecule has 0 amide bonds. The van der Waals surface area contributed by atoms with Crippen molar-refractivity contribution in [3.63, 3.8) is 0 Å². The molecule has 4 rings (SSSR count). The van der Waals surface area contributed by atoms with Gasteiger partial charge in [-0.15, -0.1) is 0 Å². The molecule has 3 aromatic heterocycles. The van der Waals surface area contributed by atoms with Gasteiger partial charge in [0, 0.05) is 6.20 Å². The Kier molecular flexibility index (Phi) is 2.67. The minimum atomic E-state index is 0.198. The molecule has 0 fully saturated rings. The molecule has 4 nitrogen and oxygen atoms in total. The lowest BCUT2D eigenvalue weighted by molar-refractivity contribution is 0.659. The summed E-state index contributed by atoms with van der Waals surface area (Å²) < 4.78 is 2.17. The van der Waals surface area contributed by atoms with Crippen LogP contribution in [0.2, 0.25) is 0 Å². The van der Waals surface area contributed by atoms with Gasteiger partial charge in [0.2, 0.25) is 0 Å². The lowest BCUT2D eigenvalue weighted by atomic mass is 10.1. The third-order valence-electron chi connectivity index (χ3n) is 3.86. The molecule has 0 aliphatic rings. The van der Waals surface area contributed by atoms with Gasteiger partial charge in [0.1, 0.15) is 11.0 Å². The minimum Gasteiger partial charge on any atom is -0.321 e. The maximum Gasteiger partial charge on any atom is 0.115 e. The van der Waals surface area contributed by atoms with Gasteiger partial charge in [-0.3, -0.25) is 9.97 Å². The van der Waals surface area contributed by atoms with Crippen LogP contribution in [-0.2, 0) is 0 Å². The van der Waals surface area contributed by atoms with E-state index in [2.05, 4.69) is 50.7 Å². The van der Waals surface area contributed by atoms with Gasteiger partial charge in [0.15, 0.2) is 0 Å². The van der Waals surface area contributed by atoms with Crippen LogP contribution in [0.3, 0.4) is 0 Å². The first kappa shape index (κ1) is 12.0. The van der Waals surface area contributed by atoms with Crippen LogP contribution >= 0.6 is 0 Å². The number of benzene rings is 1. The molecule has 0 radical (unpaired) electrons. The van der Waals surface area contributed by atoms with Crippen molar-refractivity contribution in [1.82, 2.24) is 19.5 Å². The lowest BCUT2D eigenvalue weighted by Crippen LogP contribution is -2.05. The summed E-state index contributed by atoms with van der Waals surface area (Å²) in [5.41, 5.74) is 4.96. The van der Waals surface area contributed by atoms with Crippen molar-refractivity contribution in [2.75, 3.05) is 0 Å². The SMILES string of the molecule is C[C@H](c1ccccc1)n1cnc2cnc3cccnc3c21. The van der Waals surface area contributed by atoms with Crippen molar-refractivity contribution in [2.45, 2.75) is 13.0 Å². The average Bonchev–Trinajstić information content (AvgIpc) is 2.99. The van der Waals surface area contributed by atoms with Gasteiger partial charge in [0.05, 0.1) is 29.6 Å². The Bertz CT molecular complexity index is 912. The summed E-state index contributed by atoms with van der Waals surface area (Å²) in [4.78, 5) is 13.4. The van der Waals surface area contributed by atoms with Crippen LogP contribution in [0.25, 0.3) is 22.1 Å². The normalized spacial score (nSPS) is 12.8. The Morgan fingerprint density at radius 2 is 1.76 bits per heavy atom. The molecule has 4 heteroatoms. The van der Waals surface area contributed by atoms with Crippen molar-refractivity contribution in [3.8, 4) is 0 Å². The lowest BCUT2D eigenvalue weighted by Gasteiger charge is -2.15. The molecule has 0 unspecified atom stereocenters. The van der Waals surface area contributed by atoms with E-state index in [4.69, 9.17) is 0 Å². The molecular formula is C17H14N4. The first-order chi connectivity index (χ1) is 10.3. The Morgan fingerprint density at radius 1 is 0.905 bits per heavy atom. The Morgan fingerprint density at radius 3 is 2.62 bits per heavy atom. The fourth-order valence-corrected chi connectivity index (χ4v) is 2.71. The molecule has 0 aliphatic carbocycles. The highest BCUT2D eigenvalue weighted by Crippen LogP contribution is 2.26. The van der Waals surface area contributed by atoms with Crippen molar-refractivity contribution in [3.05, 3.63) is 66.7 Å². The number of pyridine rings is 2. The van der Waals surface area contributed by atoms with Crippen LogP contribution in [0.1, 0.15) is 18.5 Å². The molecule has 0 saturated heterocycles. The fraction of sp³-hybridized carbons (Fsp3) is 0.118. The molecule has 0 saturated carbocycles. The summed E-state index contributed by atoms with van der Waals surface area (Å²) in [7, 11) is 0. The quantitative estimate of drug-likeness (QED) is 0.561. The van der Waals surface area contributed by atoms with E-state index >= 15 is 0 Å². The summed E-state index contributed by atoms with van der Waals surface area (Å²) in [6.45, 7) is 2.17. The largest absolute Gasteiger partial charge is 0.321 e.